The molecule has 2 aliphatic heterocycles. The van der Waals surface area contributed by atoms with E-state index in [0.717, 1.165) is 43.3 Å². The van der Waals surface area contributed by atoms with Crippen LogP contribution in [0.1, 0.15) is 18.3 Å². The third-order valence-corrected chi connectivity index (χ3v) is 4.05. The van der Waals surface area contributed by atoms with Gasteiger partial charge in [0.25, 0.3) is 0 Å². The first kappa shape index (κ1) is 13.0. The SMILES string of the molecule is CCc1nc(N)c(C)c(N2CCN3C(=O)NCC3C2)n1. The minimum Gasteiger partial charge on any atom is -0.383 e. The molecule has 2 saturated heterocycles. The average Bonchev–Trinajstić information content (AvgIpc) is 2.82. The molecule has 20 heavy (non-hydrogen) atoms. The Labute approximate surface area is 118 Å². The van der Waals surface area contributed by atoms with Crippen LogP contribution in [-0.4, -0.2) is 53.1 Å². The monoisotopic (exact) mass is 276 g/mol. The second kappa shape index (κ2) is 4.81. The zero-order chi connectivity index (χ0) is 14.3. The summed E-state index contributed by atoms with van der Waals surface area (Å²) in [5.74, 6) is 2.23. The number of aryl methyl sites for hydroxylation is 1. The molecular formula is C13H20N6O. The summed E-state index contributed by atoms with van der Waals surface area (Å²) < 4.78 is 0. The summed E-state index contributed by atoms with van der Waals surface area (Å²) in [6.45, 7) is 6.97. The van der Waals surface area contributed by atoms with Gasteiger partial charge in [-0.15, -0.1) is 0 Å². The molecule has 3 heterocycles. The molecule has 2 fully saturated rings. The number of carbonyl (C=O) groups excluding carboxylic acids is 1. The number of nitrogens with one attached hydrogen (secondary N) is 1. The van der Waals surface area contributed by atoms with Gasteiger partial charge in [-0.25, -0.2) is 14.8 Å². The minimum atomic E-state index is 0.0443. The number of nitrogens with two attached hydrogens (primary N) is 1. The van der Waals surface area contributed by atoms with E-state index in [1.807, 2.05) is 18.7 Å². The topological polar surface area (TPSA) is 87.4 Å². The number of carbonyl (C=O) groups is 1. The zero-order valence-corrected chi connectivity index (χ0v) is 11.9. The molecule has 7 heteroatoms. The second-order valence-electron chi connectivity index (χ2n) is 5.31. The zero-order valence-electron chi connectivity index (χ0n) is 11.9. The van der Waals surface area contributed by atoms with Crippen LogP contribution in [0.4, 0.5) is 16.4 Å². The third-order valence-electron chi connectivity index (χ3n) is 4.05. The summed E-state index contributed by atoms with van der Waals surface area (Å²) in [5.41, 5.74) is 6.90. The number of nitrogens with zero attached hydrogens (tertiary/aromatic N) is 4. The number of piperazine rings is 1. The van der Waals surface area contributed by atoms with Crippen LogP contribution < -0.4 is 16.0 Å². The number of urea groups is 1. The van der Waals surface area contributed by atoms with Crippen LogP contribution in [0.2, 0.25) is 0 Å². The van der Waals surface area contributed by atoms with E-state index in [4.69, 9.17) is 5.73 Å². The molecule has 1 atom stereocenters. The molecule has 0 radical (unpaired) electrons. The van der Waals surface area contributed by atoms with Crippen molar-refractivity contribution in [1.29, 1.82) is 0 Å². The molecule has 0 aliphatic carbocycles. The molecule has 1 unspecified atom stereocenters. The molecule has 0 saturated carbocycles. The fraction of sp³-hybridized carbons (Fsp3) is 0.615. The van der Waals surface area contributed by atoms with E-state index in [0.29, 0.717) is 12.4 Å². The Bertz CT molecular complexity index is 546. The maximum absolute atomic E-state index is 11.6. The number of nitrogen functional groups attached to an aromatic ring is 1. The first-order valence-electron chi connectivity index (χ1n) is 7.02. The average molecular weight is 276 g/mol. The Morgan fingerprint density at radius 3 is 2.95 bits per heavy atom. The lowest BCUT2D eigenvalue weighted by Crippen LogP contribution is -2.52. The Morgan fingerprint density at radius 1 is 1.40 bits per heavy atom. The summed E-state index contributed by atoms with van der Waals surface area (Å²) in [7, 11) is 0. The minimum absolute atomic E-state index is 0.0443. The Kier molecular flexibility index (Phi) is 3.11. The van der Waals surface area contributed by atoms with Gasteiger partial charge < -0.3 is 20.9 Å². The maximum Gasteiger partial charge on any atom is 0.317 e. The maximum atomic E-state index is 11.6. The van der Waals surface area contributed by atoms with Crippen LogP contribution in [0.5, 0.6) is 0 Å². The van der Waals surface area contributed by atoms with Crippen LogP contribution in [0.25, 0.3) is 0 Å². The van der Waals surface area contributed by atoms with E-state index in [-0.39, 0.29) is 12.1 Å². The summed E-state index contributed by atoms with van der Waals surface area (Å²) in [6, 6.07) is 0.264. The Balaban J connectivity index is 1.87. The predicted octanol–water partition coefficient (Wildman–Crippen LogP) is 0.143. The standard InChI is InChI=1S/C13H20N6O/c1-3-10-16-11(14)8(2)12(17-10)18-4-5-19-9(7-18)6-15-13(19)20/h9H,3-7H2,1-2H3,(H,15,20)(H2,14,16,17). The van der Waals surface area contributed by atoms with E-state index in [2.05, 4.69) is 20.2 Å². The van der Waals surface area contributed by atoms with Gasteiger partial charge >= 0.3 is 6.03 Å². The summed E-state index contributed by atoms with van der Waals surface area (Å²) in [5, 5.41) is 2.88. The van der Waals surface area contributed by atoms with Crippen LogP contribution in [0, 0.1) is 6.92 Å². The first-order valence-corrected chi connectivity index (χ1v) is 7.02. The molecule has 108 valence electrons. The first-order chi connectivity index (χ1) is 9.60. The Hall–Kier alpha value is -2.05. The van der Waals surface area contributed by atoms with Crippen molar-refractivity contribution in [3.8, 4) is 0 Å². The molecule has 3 rings (SSSR count). The lowest BCUT2D eigenvalue weighted by atomic mass is 10.1. The highest BCUT2D eigenvalue weighted by Crippen LogP contribution is 2.25. The predicted molar refractivity (Wildman–Crippen MR) is 76.7 cm³/mol. The van der Waals surface area contributed by atoms with Gasteiger partial charge in [-0.3, -0.25) is 0 Å². The molecular weight excluding hydrogens is 256 g/mol. The number of anilines is 2. The highest BCUT2D eigenvalue weighted by atomic mass is 16.2. The normalized spacial score (nSPS) is 21.9. The van der Waals surface area contributed by atoms with E-state index < -0.39 is 0 Å². The number of aromatic nitrogens is 2. The van der Waals surface area contributed by atoms with Crippen molar-refractivity contribution in [2.75, 3.05) is 36.8 Å². The van der Waals surface area contributed by atoms with E-state index in [1.54, 1.807) is 0 Å². The molecule has 2 aliphatic rings. The van der Waals surface area contributed by atoms with Gasteiger partial charge in [0, 0.05) is 38.2 Å². The molecule has 7 nitrogen and oxygen atoms in total. The van der Waals surface area contributed by atoms with Crippen LogP contribution in [0.3, 0.4) is 0 Å². The fourth-order valence-electron chi connectivity index (χ4n) is 2.83. The number of hydrogen-bond acceptors (Lipinski definition) is 5. The van der Waals surface area contributed by atoms with E-state index in [9.17, 15) is 4.79 Å². The van der Waals surface area contributed by atoms with Crippen LogP contribution >= 0.6 is 0 Å². The quantitative estimate of drug-likeness (QED) is 0.802. The molecule has 2 amide bonds. The van der Waals surface area contributed by atoms with Gasteiger partial charge in [0.15, 0.2) is 0 Å². The van der Waals surface area contributed by atoms with Crippen molar-refractivity contribution in [3.05, 3.63) is 11.4 Å². The van der Waals surface area contributed by atoms with Gasteiger partial charge in [0.05, 0.1) is 6.04 Å². The van der Waals surface area contributed by atoms with E-state index in [1.165, 1.54) is 0 Å². The van der Waals surface area contributed by atoms with Gasteiger partial charge in [0.2, 0.25) is 0 Å². The smallest absolute Gasteiger partial charge is 0.317 e. The number of fused-ring (bicyclic) bond motifs is 1. The molecule has 1 aromatic rings. The fourth-order valence-corrected chi connectivity index (χ4v) is 2.83. The van der Waals surface area contributed by atoms with Gasteiger partial charge in [0.1, 0.15) is 17.5 Å². The molecule has 3 N–H and O–H groups in total. The van der Waals surface area contributed by atoms with Gasteiger partial charge in [-0.1, -0.05) is 6.92 Å². The summed E-state index contributed by atoms with van der Waals surface area (Å²) in [4.78, 5) is 24.6. The molecule has 1 aromatic heterocycles. The Morgan fingerprint density at radius 2 is 2.20 bits per heavy atom. The van der Waals surface area contributed by atoms with Crippen molar-refractivity contribution in [2.24, 2.45) is 0 Å². The van der Waals surface area contributed by atoms with Crippen molar-refractivity contribution in [1.82, 2.24) is 20.2 Å². The van der Waals surface area contributed by atoms with E-state index >= 15 is 0 Å². The van der Waals surface area contributed by atoms with Gasteiger partial charge in [-0.2, -0.15) is 0 Å². The molecule has 0 bridgehead atoms. The summed E-state index contributed by atoms with van der Waals surface area (Å²) in [6.07, 6.45) is 0.765. The van der Waals surface area contributed by atoms with Crippen LogP contribution in [0.15, 0.2) is 0 Å². The second-order valence-corrected chi connectivity index (χ2v) is 5.31. The lowest BCUT2D eigenvalue weighted by molar-refractivity contribution is 0.197. The van der Waals surface area contributed by atoms with Crippen LogP contribution in [-0.2, 0) is 6.42 Å². The third kappa shape index (κ3) is 2.03. The number of hydrogen-bond donors (Lipinski definition) is 2. The number of amides is 2. The lowest BCUT2D eigenvalue weighted by Gasteiger charge is -2.37. The highest BCUT2D eigenvalue weighted by Gasteiger charge is 2.36. The summed E-state index contributed by atoms with van der Waals surface area (Å²) >= 11 is 0. The molecule has 0 spiro atoms. The number of rotatable bonds is 2. The van der Waals surface area contributed by atoms with Crippen molar-refractivity contribution < 1.29 is 4.79 Å². The molecule has 0 aromatic carbocycles. The van der Waals surface area contributed by atoms with Crippen molar-refractivity contribution in [3.63, 3.8) is 0 Å². The largest absolute Gasteiger partial charge is 0.383 e. The highest BCUT2D eigenvalue weighted by molar-refractivity contribution is 5.77. The van der Waals surface area contributed by atoms with Crippen molar-refractivity contribution in [2.45, 2.75) is 26.3 Å². The van der Waals surface area contributed by atoms with Crippen molar-refractivity contribution >= 4 is 17.7 Å². The van der Waals surface area contributed by atoms with Gasteiger partial charge in [-0.05, 0) is 6.92 Å².